The van der Waals surface area contributed by atoms with Crippen molar-refractivity contribution < 1.29 is 0 Å². The van der Waals surface area contributed by atoms with E-state index in [1.807, 2.05) is 13.8 Å². The first-order valence-corrected chi connectivity index (χ1v) is 4.56. The second-order valence-electron chi connectivity index (χ2n) is 5.22. The number of hydrogen-bond acceptors (Lipinski definition) is 2. The van der Waals surface area contributed by atoms with Gasteiger partial charge in [0.25, 0.3) is 0 Å². The van der Waals surface area contributed by atoms with Gasteiger partial charge in [-0.3, -0.25) is 0 Å². The monoisotopic (exact) mass is 171 g/mol. The van der Waals surface area contributed by atoms with E-state index in [1.165, 1.54) is 0 Å². The lowest BCUT2D eigenvalue weighted by atomic mass is 9.73. The minimum absolute atomic E-state index is 0.192. The summed E-state index contributed by atoms with van der Waals surface area (Å²) < 4.78 is 0. The van der Waals surface area contributed by atoms with Crippen LogP contribution >= 0.6 is 0 Å². The summed E-state index contributed by atoms with van der Waals surface area (Å²) in [4.78, 5) is 10.5. The van der Waals surface area contributed by atoms with E-state index in [1.54, 1.807) is 0 Å². The second kappa shape index (κ2) is 3.55. The highest BCUT2D eigenvalue weighted by molar-refractivity contribution is 4.86. The Morgan fingerprint density at radius 3 is 1.83 bits per heavy atom. The molecule has 0 rings (SSSR count). The van der Waals surface area contributed by atoms with Crippen LogP contribution in [0.2, 0.25) is 0 Å². The molecule has 0 aliphatic heterocycles. The Morgan fingerprint density at radius 2 is 1.58 bits per heavy atom. The molecule has 2 heteroatoms. The van der Waals surface area contributed by atoms with Crippen LogP contribution in [0.5, 0.6) is 0 Å². The minimum Gasteiger partial charge on any atom is -0.150 e. The Hall–Kier alpha value is -0.400. The second-order valence-corrected chi connectivity index (χ2v) is 5.22. The van der Waals surface area contributed by atoms with Crippen molar-refractivity contribution in [2.45, 2.75) is 53.5 Å². The Balaban J connectivity index is 4.33. The fraction of sp³-hybridized carbons (Fsp3) is 1.00. The Morgan fingerprint density at radius 1 is 1.17 bits per heavy atom. The molecule has 0 aromatic heterocycles. The maximum atomic E-state index is 10.5. The van der Waals surface area contributed by atoms with Gasteiger partial charge in [0.2, 0.25) is 0 Å². The summed E-state index contributed by atoms with van der Waals surface area (Å²) in [5, 5.41) is 3.14. The van der Waals surface area contributed by atoms with Crippen molar-refractivity contribution in [3.05, 3.63) is 4.91 Å². The third-order valence-corrected chi connectivity index (χ3v) is 2.70. The van der Waals surface area contributed by atoms with Gasteiger partial charge in [0.1, 0.15) is 0 Å². The summed E-state index contributed by atoms with van der Waals surface area (Å²) in [5.74, 6) is 0.582. The summed E-state index contributed by atoms with van der Waals surface area (Å²) >= 11 is 0. The molecule has 0 atom stereocenters. The van der Waals surface area contributed by atoms with Crippen LogP contribution in [0.4, 0.5) is 0 Å². The van der Waals surface area contributed by atoms with E-state index in [4.69, 9.17) is 0 Å². The molecule has 0 spiro atoms. The fourth-order valence-corrected chi connectivity index (χ4v) is 1.35. The zero-order valence-electron chi connectivity index (χ0n) is 9.14. The summed E-state index contributed by atoms with van der Waals surface area (Å²) in [7, 11) is 0. The highest BCUT2D eigenvalue weighted by Crippen LogP contribution is 2.36. The van der Waals surface area contributed by atoms with Crippen LogP contribution in [0, 0.1) is 16.2 Å². The van der Waals surface area contributed by atoms with Gasteiger partial charge in [-0.25, -0.2) is 0 Å². The number of nitrogens with zero attached hydrogens (tertiary/aromatic N) is 1. The first-order chi connectivity index (χ1) is 5.21. The average molecular weight is 171 g/mol. The van der Waals surface area contributed by atoms with Crippen LogP contribution in [0.25, 0.3) is 0 Å². The first kappa shape index (κ1) is 11.6. The zero-order valence-corrected chi connectivity index (χ0v) is 9.14. The maximum absolute atomic E-state index is 10.5. The van der Waals surface area contributed by atoms with Crippen LogP contribution in [-0.2, 0) is 0 Å². The predicted octanol–water partition coefficient (Wildman–Crippen LogP) is 3.60. The number of hydrogen-bond donors (Lipinski definition) is 0. The summed E-state index contributed by atoms with van der Waals surface area (Å²) in [6, 6.07) is 0. The molecule has 0 fully saturated rings. The van der Waals surface area contributed by atoms with Crippen molar-refractivity contribution in [1.29, 1.82) is 0 Å². The molecule has 72 valence electrons. The van der Waals surface area contributed by atoms with Crippen LogP contribution in [0.1, 0.15) is 48.0 Å². The lowest BCUT2D eigenvalue weighted by Gasteiger charge is -2.34. The quantitative estimate of drug-likeness (QED) is 0.594. The molecule has 0 radical (unpaired) electrons. The predicted molar refractivity (Wildman–Crippen MR) is 53.1 cm³/mol. The Labute approximate surface area is 75.7 Å². The SMILES string of the molecule is CC(C)C(C)(C)CC(C)(C)N=O. The molecule has 0 aliphatic carbocycles. The topological polar surface area (TPSA) is 29.4 Å². The van der Waals surface area contributed by atoms with Crippen LogP contribution < -0.4 is 0 Å². The van der Waals surface area contributed by atoms with E-state index in [2.05, 4.69) is 32.9 Å². The third-order valence-electron chi connectivity index (χ3n) is 2.70. The first-order valence-electron chi connectivity index (χ1n) is 4.56. The molecule has 0 heterocycles. The highest BCUT2D eigenvalue weighted by atomic mass is 16.3. The van der Waals surface area contributed by atoms with Crippen LogP contribution in [0.3, 0.4) is 0 Å². The fourth-order valence-electron chi connectivity index (χ4n) is 1.35. The van der Waals surface area contributed by atoms with Crippen LogP contribution in [0.15, 0.2) is 5.18 Å². The van der Waals surface area contributed by atoms with Crippen molar-refractivity contribution in [2.24, 2.45) is 16.5 Å². The van der Waals surface area contributed by atoms with E-state index in [-0.39, 0.29) is 5.41 Å². The largest absolute Gasteiger partial charge is 0.150 e. The zero-order chi connectivity index (χ0) is 9.99. The molecule has 0 bridgehead atoms. The third kappa shape index (κ3) is 3.33. The van der Waals surface area contributed by atoms with Gasteiger partial charge in [0, 0.05) is 0 Å². The smallest absolute Gasteiger partial charge is 0.0975 e. The van der Waals surface area contributed by atoms with Gasteiger partial charge >= 0.3 is 0 Å². The molecule has 2 nitrogen and oxygen atoms in total. The molecule has 0 aromatic carbocycles. The van der Waals surface area contributed by atoms with E-state index >= 15 is 0 Å². The maximum Gasteiger partial charge on any atom is 0.0975 e. The molecule has 12 heavy (non-hydrogen) atoms. The van der Waals surface area contributed by atoms with Crippen molar-refractivity contribution in [1.82, 2.24) is 0 Å². The van der Waals surface area contributed by atoms with Crippen molar-refractivity contribution in [3.63, 3.8) is 0 Å². The van der Waals surface area contributed by atoms with E-state index in [9.17, 15) is 4.91 Å². The van der Waals surface area contributed by atoms with Gasteiger partial charge in [-0.1, -0.05) is 32.9 Å². The van der Waals surface area contributed by atoms with E-state index in [0.29, 0.717) is 5.92 Å². The lowest BCUT2D eigenvalue weighted by Crippen LogP contribution is -2.30. The van der Waals surface area contributed by atoms with Gasteiger partial charge in [0.15, 0.2) is 0 Å². The Bertz CT molecular complexity index is 159. The molecular formula is C10H21NO. The summed E-state index contributed by atoms with van der Waals surface area (Å²) in [6.07, 6.45) is 0.848. The summed E-state index contributed by atoms with van der Waals surface area (Å²) in [5.41, 5.74) is -0.231. The van der Waals surface area contributed by atoms with E-state index < -0.39 is 5.54 Å². The molecule has 0 unspecified atom stereocenters. The van der Waals surface area contributed by atoms with Crippen molar-refractivity contribution >= 4 is 0 Å². The van der Waals surface area contributed by atoms with E-state index in [0.717, 1.165) is 6.42 Å². The molecular weight excluding hydrogens is 150 g/mol. The molecule has 0 N–H and O–H groups in total. The van der Waals surface area contributed by atoms with Gasteiger partial charge in [0.05, 0.1) is 5.54 Å². The van der Waals surface area contributed by atoms with Crippen molar-refractivity contribution in [2.75, 3.05) is 0 Å². The summed E-state index contributed by atoms with van der Waals surface area (Å²) in [6.45, 7) is 12.5. The highest BCUT2D eigenvalue weighted by Gasteiger charge is 2.31. The minimum atomic E-state index is -0.423. The molecule has 0 aromatic rings. The van der Waals surface area contributed by atoms with Gasteiger partial charge in [-0.2, -0.15) is 4.91 Å². The molecule has 0 amide bonds. The lowest BCUT2D eigenvalue weighted by molar-refractivity contribution is 0.183. The van der Waals surface area contributed by atoms with Gasteiger partial charge < -0.3 is 0 Å². The van der Waals surface area contributed by atoms with Crippen LogP contribution in [-0.4, -0.2) is 5.54 Å². The van der Waals surface area contributed by atoms with Gasteiger partial charge in [-0.05, 0) is 31.6 Å². The number of rotatable bonds is 4. The molecule has 0 saturated carbocycles. The van der Waals surface area contributed by atoms with Gasteiger partial charge in [-0.15, -0.1) is 0 Å². The number of nitroso groups, excluding NO2 is 1. The Kier molecular flexibility index (Phi) is 3.43. The molecule has 0 saturated heterocycles. The standard InChI is InChI=1S/C10H21NO/c1-8(2)9(3,4)7-10(5,6)11-12/h8H,7H2,1-6H3. The normalized spacial score (nSPS) is 13.6. The average Bonchev–Trinajstić information content (AvgIpc) is 1.85. The molecule has 0 aliphatic rings. The van der Waals surface area contributed by atoms with Crippen molar-refractivity contribution in [3.8, 4) is 0 Å².